The fourth-order valence-electron chi connectivity index (χ4n) is 2.73. The molecule has 1 N–H and O–H groups in total. The van der Waals surface area contributed by atoms with Crippen molar-refractivity contribution in [2.24, 2.45) is 0 Å². The third kappa shape index (κ3) is 3.82. The summed E-state index contributed by atoms with van der Waals surface area (Å²) in [5.74, 6) is 0.940. The summed E-state index contributed by atoms with van der Waals surface area (Å²) >= 11 is 0. The molecule has 0 unspecified atom stereocenters. The SMILES string of the molecule is C[C@H](Oc1ccccc1)C(=O)Nc1cccc(-c2nc3ccccc3o2)c1. The van der Waals surface area contributed by atoms with E-state index in [0.717, 1.165) is 16.7 Å². The van der Waals surface area contributed by atoms with Gasteiger partial charge < -0.3 is 14.5 Å². The van der Waals surface area contributed by atoms with Crippen molar-refractivity contribution in [3.63, 3.8) is 0 Å². The third-order valence-electron chi connectivity index (χ3n) is 4.10. The average molecular weight is 358 g/mol. The zero-order valence-corrected chi connectivity index (χ0v) is 14.8. The number of nitrogens with zero attached hydrogens (tertiary/aromatic N) is 1. The summed E-state index contributed by atoms with van der Waals surface area (Å²) in [5.41, 5.74) is 2.97. The summed E-state index contributed by atoms with van der Waals surface area (Å²) in [6.07, 6.45) is -0.625. The highest BCUT2D eigenvalue weighted by Crippen LogP contribution is 2.26. The summed E-state index contributed by atoms with van der Waals surface area (Å²) in [5, 5.41) is 2.87. The average Bonchev–Trinajstić information content (AvgIpc) is 3.13. The molecular formula is C22H18N2O3. The highest BCUT2D eigenvalue weighted by atomic mass is 16.5. The number of rotatable bonds is 5. The molecule has 0 radical (unpaired) electrons. The zero-order chi connectivity index (χ0) is 18.6. The quantitative estimate of drug-likeness (QED) is 0.551. The smallest absolute Gasteiger partial charge is 0.265 e. The monoisotopic (exact) mass is 358 g/mol. The molecule has 0 saturated heterocycles. The summed E-state index contributed by atoms with van der Waals surface area (Å²) < 4.78 is 11.5. The van der Waals surface area contributed by atoms with Gasteiger partial charge in [-0.05, 0) is 49.4 Å². The predicted molar refractivity (Wildman–Crippen MR) is 105 cm³/mol. The molecule has 1 heterocycles. The van der Waals surface area contributed by atoms with Crippen molar-refractivity contribution in [2.45, 2.75) is 13.0 Å². The molecule has 0 aliphatic carbocycles. The Hall–Kier alpha value is -3.60. The first-order valence-corrected chi connectivity index (χ1v) is 8.67. The Morgan fingerprint density at radius 2 is 1.78 bits per heavy atom. The van der Waals surface area contributed by atoms with Gasteiger partial charge in [0.25, 0.3) is 5.91 Å². The fraction of sp³-hybridized carbons (Fsp3) is 0.0909. The van der Waals surface area contributed by atoms with Crippen molar-refractivity contribution in [1.82, 2.24) is 4.98 Å². The van der Waals surface area contributed by atoms with E-state index in [1.807, 2.05) is 78.9 Å². The molecule has 0 aliphatic heterocycles. The van der Waals surface area contributed by atoms with E-state index >= 15 is 0 Å². The number of benzene rings is 3. The minimum atomic E-state index is -0.625. The predicted octanol–water partition coefficient (Wildman–Crippen LogP) is 4.90. The van der Waals surface area contributed by atoms with Gasteiger partial charge in [0, 0.05) is 11.3 Å². The number of hydrogen-bond acceptors (Lipinski definition) is 4. The topological polar surface area (TPSA) is 64.4 Å². The normalized spacial score (nSPS) is 11.9. The molecule has 0 aliphatic rings. The number of carbonyl (C=O) groups excluding carboxylic acids is 1. The maximum atomic E-state index is 12.4. The molecular weight excluding hydrogens is 340 g/mol. The van der Waals surface area contributed by atoms with Gasteiger partial charge in [0.05, 0.1) is 0 Å². The summed E-state index contributed by atoms with van der Waals surface area (Å²) in [7, 11) is 0. The summed E-state index contributed by atoms with van der Waals surface area (Å²) in [6.45, 7) is 1.72. The Labute approximate surface area is 156 Å². The first kappa shape index (κ1) is 16.8. The van der Waals surface area contributed by atoms with Crippen LogP contribution in [0.15, 0.2) is 83.3 Å². The summed E-state index contributed by atoms with van der Waals surface area (Å²) in [4.78, 5) is 16.9. The van der Waals surface area contributed by atoms with E-state index in [1.165, 1.54) is 0 Å². The first-order chi connectivity index (χ1) is 13.2. The second-order valence-electron chi connectivity index (χ2n) is 6.13. The molecule has 0 bridgehead atoms. The van der Waals surface area contributed by atoms with Crippen LogP contribution in [0.5, 0.6) is 5.75 Å². The standard InChI is InChI=1S/C22H18N2O3/c1-15(26-18-10-3-2-4-11-18)21(25)23-17-9-7-8-16(14-17)22-24-19-12-5-6-13-20(19)27-22/h2-15H,1H3,(H,23,25)/t15-/m0/s1. The second kappa shape index (κ2) is 7.33. The van der Waals surface area contributed by atoms with Crippen LogP contribution in [0, 0.1) is 0 Å². The number of ether oxygens (including phenoxy) is 1. The van der Waals surface area contributed by atoms with E-state index in [1.54, 1.807) is 6.92 Å². The minimum absolute atomic E-state index is 0.228. The van der Waals surface area contributed by atoms with Crippen molar-refractivity contribution >= 4 is 22.7 Å². The van der Waals surface area contributed by atoms with Gasteiger partial charge in [-0.1, -0.05) is 36.4 Å². The van der Waals surface area contributed by atoms with E-state index in [2.05, 4.69) is 10.3 Å². The number of carbonyl (C=O) groups is 1. The van der Waals surface area contributed by atoms with Crippen molar-refractivity contribution in [3.8, 4) is 17.2 Å². The number of hydrogen-bond donors (Lipinski definition) is 1. The van der Waals surface area contributed by atoms with Gasteiger partial charge in [-0.2, -0.15) is 0 Å². The molecule has 1 atom stereocenters. The number of nitrogens with one attached hydrogen (secondary N) is 1. The molecule has 3 aromatic carbocycles. The number of oxazole rings is 1. The largest absolute Gasteiger partial charge is 0.481 e. The van der Waals surface area contributed by atoms with Gasteiger partial charge in [-0.3, -0.25) is 4.79 Å². The molecule has 1 amide bonds. The number of anilines is 1. The number of para-hydroxylation sites is 3. The third-order valence-corrected chi connectivity index (χ3v) is 4.10. The van der Waals surface area contributed by atoms with Crippen LogP contribution >= 0.6 is 0 Å². The lowest BCUT2D eigenvalue weighted by atomic mass is 10.2. The van der Waals surface area contributed by atoms with Gasteiger partial charge in [0.2, 0.25) is 5.89 Å². The van der Waals surface area contributed by atoms with Crippen molar-refractivity contribution < 1.29 is 13.9 Å². The van der Waals surface area contributed by atoms with Gasteiger partial charge in [0.15, 0.2) is 11.7 Å². The van der Waals surface area contributed by atoms with E-state index < -0.39 is 6.10 Å². The van der Waals surface area contributed by atoms with Gasteiger partial charge in [0.1, 0.15) is 11.3 Å². The van der Waals surface area contributed by atoms with Crippen LogP contribution in [0.4, 0.5) is 5.69 Å². The number of fused-ring (bicyclic) bond motifs is 1. The Kier molecular flexibility index (Phi) is 4.58. The fourth-order valence-corrected chi connectivity index (χ4v) is 2.73. The molecule has 0 fully saturated rings. The van der Waals surface area contributed by atoms with Crippen LogP contribution in [-0.4, -0.2) is 17.0 Å². The first-order valence-electron chi connectivity index (χ1n) is 8.67. The summed E-state index contributed by atoms with van der Waals surface area (Å²) in [6, 6.07) is 24.3. The minimum Gasteiger partial charge on any atom is -0.481 e. The molecule has 0 spiro atoms. The maximum absolute atomic E-state index is 12.4. The van der Waals surface area contributed by atoms with Crippen molar-refractivity contribution in [1.29, 1.82) is 0 Å². The lowest BCUT2D eigenvalue weighted by Gasteiger charge is -2.14. The molecule has 134 valence electrons. The Bertz CT molecular complexity index is 1040. The maximum Gasteiger partial charge on any atom is 0.265 e. The molecule has 27 heavy (non-hydrogen) atoms. The Morgan fingerprint density at radius 3 is 2.59 bits per heavy atom. The molecule has 0 saturated carbocycles. The van der Waals surface area contributed by atoms with Crippen LogP contribution in [0.2, 0.25) is 0 Å². The van der Waals surface area contributed by atoms with Crippen LogP contribution in [0.3, 0.4) is 0 Å². The lowest BCUT2D eigenvalue weighted by molar-refractivity contribution is -0.122. The molecule has 5 nitrogen and oxygen atoms in total. The van der Waals surface area contributed by atoms with Gasteiger partial charge in [-0.15, -0.1) is 0 Å². The van der Waals surface area contributed by atoms with Crippen LogP contribution in [0.1, 0.15) is 6.92 Å². The molecule has 1 aromatic heterocycles. The van der Waals surface area contributed by atoms with Crippen LogP contribution in [-0.2, 0) is 4.79 Å². The van der Waals surface area contributed by atoms with Gasteiger partial charge in [-0.25, -0.2) is 4.98 Å². The van der Waals surface area contributed by atoms with Crippen molar-refractivity contribution in [3.05, 3.63) is 78.9 Å². The van der Waals surface area contributed by atoms with Crippen LogP contribution < -0.4 is 10.1 Å². The van der Waals surface area contributed by atoms with E-state index in [4.69, 9.17) is 9.15 Å². The molecule has 5 heteroatoms. The molecule has 4 aromatic rings. The van der Waals surface area contributed by atoms with Crippen LogP contribution in [0.25, 0.3) is 22.6 Å². The van der Waals surface area contributed by atoms with E-state index in [0.29, 0.717) is 17.3 Å². The lowest BCUT2D eigenvalue weighted by Crippen LogP contribution is -2.30. The zero-order valence-electron chi connectivity index (χ0n) is 14.8. The van der Waals surface area contributed by atoms with Gasteiger partial charge >= 0.3 is 0 Å². The Balaban J connectivity index is 1.49. The highest BCUT2D eigenvalue weighted by Gasteiger charge is 2.15. The number of amides is 1. The van der Waals surface area contributed by atoms with E-state index in [-0.39, 0.29) is 5.91 Å². The Morgan fingerprint density at radius 1 is 1.00 bits per heavy atom. The van der Waals surface area contributed by atoms with Crippen molar-refractivity contribution in [2.75, 3.05) is 5.32 Å². The highest BCUT2D eigenvalue weighted by molar-refractivity contribution is 5.94. The molecule has 4 rings (SSSR count). The second-order valence-corrected chi connectivity index (χ2v) is 6.13. The number of aromatic nitrogens is 1. The van der Waals surface area contributed by atoms with E-state index in [9.17, 15) is 4.79 Å².